The fourth-order valence-corrected chi connectivity index (χ4v) is 3.28. The fourth-order valence-electron chi connectivity index (χ4n) is 2.50. The van der Waals surface area contributed by atoms with Crippen LogP contribution in [0.3, 0.4) is 0 Å². The van der Waals surface area contributed by atoms with Crippen molar-refractivity contribution in [2.24, 2.45) is 0 Å². The summed E-state index contributed by atoms with van der Waals surface area (Å²) in [4.78, 5) is 24.9. The van der Waals surface area contributed by atoms with Gasteiger partial charge in [-0.15, -0.1) is 11.3 Å². The first-order valence-electron chi connectivity index (χ1n) is 6.73. The maximum atomic E-state index is 12.5. The van der Waals surface area contributed by atoms with Gasteiger partial charge >= 0.3 is 5.97 Å². The summed E-state index contributed by atoms with van der Waals surface area (Å²) in [6, 6.07) is 7.64. The molecule has 1 aromatic heterocycles. The first-order chi connectivity index (χ1) is 10.1. The Hall–Kier alpha value is -1.92. The molecule has 0 saturated carbocycles. The van der Waals surface area contributed by atoms with Crippen LogP contribution >= 0.6 is 11.3 Å². The number of nitrogens with zero attached hydrogens (tertiary/aromatic N) is 1. The fraction of sp³-hybridized carbons (Fsp3) is 0.333. The summed E-state index contributed by atoms with van der Waals surface area (Å²) in [5.74, 6) is -0.976. The van der Waals surface area contributed by atoms with Crippen molar-refractivity contribution < 1.29 is 19.4 Å². The standard InChI is InChI=1S/C15H15NO4S/c17-14(18)8-12-9-16(4-5-20-12)15(19)11-1-2-13-10(7-11)3-6-21-13/h1-3,6-7,12H,4-5,8-9H2,(H,17,18). The predicted molar refractivity (Wildman–Crippen MR) is 79.7 cm³/mol. The van der Waals surface area contributed by atoms with Gasteiger partial charge in [-0.1, -0.05) is 0 Å². The molecule has 1 amide bonds. The summed E-state index contributed by atoms with van der Waals surface area (Å²) in [6.07, 6.45) is -0.502. The van der Waals surface area contributed by atoms with E-state index >= 15 is 0 Å². The van der Waals surface area contributed by atoms with E-state index in [1.165, 1.54) is 0 Å². The molecule has 0 radical (unpaired) electrons. The molecule has 0 bridgehead atoms. The molecule has 2 heterocycles. The van der Waals surface area contributed by atoms with Gasteiger partial charge in [0.2, 0.25) is 0 Å². The number of ether oxygens (including phenoxy) is 1. The Morgan fingerprint density at radius 3 is 3.05 bits per heavy atom. The van der Waals surface area contributed by atoms with Gasteiger partial charge in [0, 0.05) is 23.4 Å². The number of hydrogen-bond donors (Lipinski definition) is 1. The van der Waals surface area contributed by atoms with Gasteiger partial charge in [0.15, 0.2) is 0 Å². The van der Waals surface area contributed by atoms with Gasteiger partial charge in [0.05, 0.1) is 19.1 Å². The zero-order chi connectivity index (χ0) is 14.8. The normalized spacial score (nSPS) is 18.9. The highest BCUT2D eigenvalue weighted by atomic mass is 32.1. The van der Waals surface area contributed by atoms with Crippen LogP contribution in [0.1, 0.15) is 16.8 Å². The number of carbonyl (C=O) groups is 2. The van der Waals surface area contributed by atoms with Gasteiger partial charge in [-0.25, -0.2) is 0 Å². The quantitative estimate of drug-likeness (QED) is 0.944. The lowest BCUT2D eigenvalue weighted by molar-refractivity contribution is -0.141. The first kappa shape index (κ1) is 14.0. The Labute approximate surface area is 125 Å². The summed E-state index contributed by atoms with van der Waals surface area (Å²) in [6.45, 7) is 1.20. The third-order valence-electron chi connectivity index (χ3n) is 3.53. The minimum absolute atomic E-state index is 0.0678. The lowest BCUT2D eigenvalue weighted by Crippen LogP contribution is -2.46. The van der Waals surface area contributed by atoms with Crippen molar-refractivity contribution in [2.45, 2.75) is 12.5 Å². The molecule has 21 heavy (non-hydrogen) atoms. The van der Waals surface area contributed by atoms with E-state index in [-0.39, 0.29) is 12.3 Å². The van der Waals surface area contributed by atoms with Crippen LogP contribution in [0, 0.1) is 0 Å². The Morgan fingerprint density at radius 2 is 2.24 bits per heavy atom. The van der Waals surface area contributed by atoms with Crippen molar-refractivity contribution in [2.75, 3.05) is 19.7 Å². The van der Waals surface area contributed by atoms with E-state index in [1.54, 1.807) is 16.2 Å². The molecule has 1 saturated heterocycles. The lowest BCUT2D eigenvalue weighted by atomic mass is 10.1. The van der Waals surface area contributed by atoms with E-state index in [9.17, 15) is 9.59 Å². The van der Waals surface area contributed by atoms with Crippen LogP contribution in [0.2, 0.25) is 0 Å². The molecule has 1 unspecified atom stereocenters. The average molecular weight is 305 g/mol. The van der Waals surface area contributed by atoms with E-state index in [1.807, 2.05) is 29.6 Å². The lowest BCUT2D eigenvalue weighted by Gasteiger charge is -2.32. The maximum absolute atomic E-state index is 12.5. The Balaban J connectivity index is 1.75. The van der Waals surface area contributed by atoms with E-state index in [0.717, 1.165) is 10.1 Å². The molecule has 2 aromatic rings. The minimum Gasteiger partial charge on any atom is -0.481 e. The van der Waals surface area contributed by atoms with Crippen molar-refractivity contribution in [1.82, 2.24) is 4.90 Å². The molecule has 1 aromatic carbocycles. The molecule has 1 N–H and O–H groups in total. The van der Waals surface area contributed by atoms with Crippen LogP contribution in [0.5, 0.6) is 0 Å². The summed E-state index contributed by atoms with van der Waals surface area (Å²) in [5.41, 5.74) is 0.636. The average Bonchev–Trinajstić information content (AvgIpc) is 2.93. The third kappa shape index (κ3) is 3.06. The van der Waals surface area contributed by atoms with Gasteiger partial charge in [0.1, 0.15) is 0 Å². The van der Waals surface area contributed by atoms with Crippen LogP contribution in [-0.2, 0) is 9.53 Å². The van der Waals surface area contributed by atoms with E-state index in [0.29, 0.717) is 25.3 Å². The Morgan fingerprint density at radius 1 is 1.38 bits per heavy atom. The molecule has 1 aliphatic rings. The highest BCUT2D eigenvalue weighted by Crippen LogP contribution is 2.23. The van der Waals surface area contributed by atoms with E-state index < -0.39 is 12.1 Å². The van der Waals surface area contributed by atoms with Crippen LogP contribution in [0.15, 0.2) is 29.6 Å². The van der Waals surface area contributed by atoms with Gasteiger partial charge in [0.25, 0.3) is 5.91 Å². The summed E-state index contributed by atoms with van der Waals surface area (Å²) < 4.78 is 6.54. The van der Waals surface area contributed by atoms with Gasteiger partial charge in [-0.05, 0) is 35.0 Å². The molecule has 0 spiro atoms. The number of carbonyl (C=O) groups excluding carboxylic acids is 1. The molecule has 1 fully saturated rings. The monoisotopic (exact) mass is 305 g/mol. The van der Waals surface area contributed by atoms with Crippen LogP contribution in [0.25, 0.3) is 10.1 Å². The summed E-state index contributed by atoms with van der Waals surface area (Å²) in [7, 11) is 0. The molecule has 110 valence electrons. The number of thiophene rings is 1. The number of carboxylic acids is 1. The van der Waals surface area contributed by atoms with Crippen molar-refractivity contribution in [3.63, 3.8) is 0 Å². The second-order valence-corrected chi connectivity index (χ2v) is 5.96. The van der Waals surface area contributed by atoms with Gasteiger partial charge < -0.3 is 14.7 Å². The number of hydrogen-bond acceptors (Lipinski definition) is 4. The van der Waals surface area contributed by atoms with Crippen molar-refractivity contribution >= 4 is 33.3 Å². The SMILES string of the molecule is O=C(O)CC1CN(C(=O)c2ccc3sccc3c2)CCO1. The molecular formula is C15H15NO4S. The number of carboxylic acid groups (broad SMARTS) is 1. The van der Waals surface area contributed by atoms with Crippen LogP contribution < -0.4 is 0 Å². The minimum atomic E-state index is -0.908. The number of benzene rings is 1. The maximum Gasteiger partial charge on any atom is 0.306 e. The van der Waals surface area contributed by atoms with Gasteiger partial charge in [-0.2, -0.15) is 0 Å². The second kappa shape index (κ2) is 5.83. The Bertz CT molecular complexity index is 681. The zero-order valence-electron chi connectivity index (χ0n) is 11.3. The summed E-state index contributed by atoms with van der Waals surface area (Å²) in [5, 5.41) is 11.9. The molecule has 1 aliphatic heterocycles. The number of amides is 1. The number of fused-ring (bicyclic) bond motifs is 1. The van der Waals surface area contributed by atoms with Crippen molar-refractivity contribution in [1.29, 1.82) is 0 Å². The largest absolute Gasteiger partial charge is 0.481 e. The number of aliphatic carboxylic acids is 1. The predicted octanol–water partition coefficient (Wildman–Crippen LogP) is 2.22. The number of rotatable bonds is 3. The zero-order valence-corrected chi connectivity index (χ0v) is 12.1. The van der Waals surface area contributed by atoms with Crippen molar-refractivity contribution in [3.8, 4) is 0 Å². The topological polar surface area (TPSA) is 66.8 Å². The van der Waals surface area contributed by atoms with E-state index in [4.69, 9.17) is 9.84 Å². The molecule has 6 heteroatoms. The van der Waals surface area contributed by atoms with E-state index in [2.05, 4.69) is 0 Å². The number of morpholine rings is 1. The van der Waals surface area contributed by atoms with Gasteiger partial charge in [-0.3, -0.25) is 9.59 Å². The molecule has 0 aliphatic carbocycles. The molecule has 5 nitrogen and oxygen atoms in total. The van der Waals surface area contributed by atoms with Crippen LogP contribution in [-0.4, -0.2) is 47.7 Å². The Kier molecular flexibility index (Phi) is 3.90. The smallest absolute Gasteiger partial charge is 0.306 e. The summed E-state index contributed by atoms with van der Waals surface area (Å²) >= 11 is 1.64. The second-order valence-electron chi connectivity index (χ2n) is 5.02. The molecular weight excluding hydrogens is 290 g/mol. The molecule has 1 atom stereocenters. The first-order valence-corrected chi connectivity index (χ1v) is 7.61. The van der Waals surface area contributed by atoms with Crippen LogP contribution in [0.4, 0.5) is 0 Å². The molecule has 3 rings (SSSR count). The highest BCUT2D eigenvalue weighted by molar-refractivity contribution is 7.17. The third-order valence-corrected chi connectivity index (χ3v) is 4.43. The highest BCUT2D eigenvalue weighted by Gasteiger charge is 2.26. The van der Waals surface area contributed by atoms with Crippen molar-refractivity contribution in [3.05, 3.63) is 35.2 Å².